The van der Waals surface area contributed by atoms with E-state index in [-0.39, 0.29) is 6.03 Å². The molecule has 1 unspecified atom stereocenters. The van der Waals surface area contributed by atoms with Crippen LogP contribution < -0.4 is 16.0 Å². The number of urea groups is 1. The lowest BCUT2D eigenvalue weighted by Crippen LogP contribution is -2.39. The van der Waals surface area contributed by atoms with Crippen molar-refractivity contribution in [2.45, 2.75) is 19.3 Å². The first kappa shape index (κ1) is 11.9. The molecule has 0 fully saturated rings. The topological polar surface area (TPSA) is 58.4 Å². The molecule has 0 aromatic heterocycles. The second-order valence-corrected chi connectivity index (χ2v) is 4.28. The maximum Gasteiger partial charge on any atom is 0.321 e. The van der Waals surface area contributed by atoms with Crippen molar-refractivity contribution in [2.24, 2.45) is 5.73 Å². The summed E-state index contributed by atoms with van der Waals surface area (Å²) in [7, 11) is 0. The maximum atomic E-state index is 11.9. The number of para-hydroxylation sites is 1. The minimum atomic E-state index is -0.0144. The first-order valence-corrected chi connectivity index (χ1v) is 6.12. The van der Waals surface area contributed by atoms with Gasteiger partial charge in [0.1, 0.15) is 0 Å². The largest absolute Gasteiger partial charge is 0.338 e. The molecule has 4 heteroatoms. The Labute approximate surface area is 102 Å². The van der Waals surface area contributed by atoms with Gasteiger partial charge in [0.05, 0.1) is 0 Å². The molecule has 0 saturated carbocycles. The molecule has 1 aromatic carbocycles. The van der Waals surface area contributed by atoms with Crippen LogP contribution in [0.4, 0.5) is 10.5 Å². The van der Waals surface area contributed by atoms with Crippen LogP contribution in [0.15, 0.2) is 24.3 Å². The van der Waals surface area contributed by atoms with Crippen LogP contribution in [-0.4, -0.2) is 25.7 Å². The second kappa shape index (κ2) is 5.19. The van der Waals surface area contributed by atoms with Gasteiger partial charge in [-0.15, -0.1) is 0 Å². The van der Waals surface area contributed by atoms with E-state index in [9.17, 15) is 4.79 Å². The normalized spacial score (nSPS) is 18.0. The molecule has 0 spiro atoms. The summed E-state index contributed by atoms with van der Waals surface area (Å²) in [5.74, 6) is 0.374. The van der Waals surface area contributed by atoms with Crippen LogP contribution in [-0.2, 0) is 0 Å². The zero-order valence-electron chi connectivity index (χ0n) is 10.1. The third-order valence-corrected chi connectivity index (χ3v) is 3.16. The number of fused-ring (bicyclic) bond motifs is 1. The quantitative estimate of drug-likeness (QED) is 0.834. The Hall–Kier alpha value is -1.55. The SMILES string of the molecule is CCNC(=O)N1CC(CCN)c2ccccc21. The van der Waals surface area contributed by atoms with E-state index < -0.39 is 0 Å². The molecule has 2 amide bonds. The minimum Gasteiger partial charge on any atom is -0.338 e. The van der Waals surface area contributed by atoms with Crippen LogP contribution in [0.25, 0.3) is 0 Å². The van der Waals surface area contributed by atoms with Gasteiger partial charge in [-0.2, -0.15) is 0 Å². The predicted molar refractivity (Wildman–Crippen MR) is 69.3 cm³/mol. The summed E-state index contributed by atoms with van der Waals surface area (Å²) in [5.41, 5.74) is 7.89. The highest BCUT2D eigenvalue weighted by atomic mass is 16.2. The fraction of sp³-hybridized carbons (Fsp3) is 0.462. The summed E-state index contributed by atoms with van der Waals surface area (Å²) in [6.07, 6.45) is 0.924. The minimum absolute atomic E-state index is 0.0144. The van der Waals surface area contributed by atoms with E-state index in [1.807, 2.05) is 30.0 Å². The molecular weight excluding hydrogens is 214 g/mol. The van der Waals surface area contributed by atoms with Gasteiger partial charge in [-0.25, -0.2) is 4.79 Å². The molecule has 1 aliphatic rings. The van der Waals surface area contributed by atoms with Crippen molar-refractivity contribution in [3.8, 4) is 0 Å². The van der Waals surface area contributed by atoms with Gasteiger partial charge in [0, 0.05) is 24.7 Å². The highest BCUT2D eigenvalue weighted by Gasteiger charge is 2.31. The highest BCUT2D eigenvalue weighted by molar-refractivity contribution is 5.94. The van der Waals surface area contributed by atoms with Crippen molar-refractivity contribution in [2.75, 3.05) is 24.5 Å². The first-order chi connectivity index (χ1) is 8.27. The molecule has 0 aliphatic carbocycles. The van der Waals surface area contributed by atoms with Gasteiger partial charge in [-0.1, -0.05) is 18.2 Å². The van der Waals surface area contributed by atoms with Crippen LogP contribution >= 0.6 is 0 Å². The van der Waals surface area contributed by atoms with Gasteiger partial charge in [0.2, 0.25) is 0 Å². The number of carbonyl (C=O) groups excluding carboxylic acids is 1. The molecule has 0 bridgehead atoms. The Morgan fingerprint density at radius 2 is 2.29 bits per heavy atom. The summed E-state index contributed by atoms with van der Waals surface area (Å²) in [5, 5.41) is 2.85. The number of hydrogen-bond acceptors (Lipinski definition) is 2. The summed E-state index contributed by atoms with van der Waals surface area (Å²) in [6.45, 7) is 3.97. The molecule has 3 N–H and O–H groups in total. The van der Waals surface area contributed by atoms with Gasteiger partial charge in [-0.05, 0) is 31.5 Å². The van der Waals surface area contributed by atoms with E-state index in [0.29, 0.717) is 19.0 Å². The van der Waals surface area contributed by atoms with Gasteiger partial charge in [-0.3, -0.25) is 4.90 Å². The van der Waals surface area contributed by atoms with Gasteiger partial charge < -0.3 is 11.1 Å². The van der Waals surface area contributed by atoms with Crippen LogP contribution in [0.1, 0.15) is 24.8 Å². The van der Waals surface area contributed by atoms with Crippen LogP contribution in [0.2, 0.25) is 0 Å². The number of benzene rings is 1. The average molecular weight is 233 g/mol. The number of nitrogens with zero attached hydrogens (tertiary/aromatic N) is 1. The van der Waals surface area contributed by atoms with Gasteiger partial charge in [0.15, 0.2) is 0 Å². The smallest absolute Gasteiger partial charge is 0.321 e. The number of nitrogens with one attached hydrogen (secondary N) is 1. The lowest BCUT2D eigenvalue weighted by atomic mass is 9.98. The van der Waals surface area contributed by atoms with E-state index in [1.165, 1.54) is 5.56 Å². The number of carbonyl (C=O) groups is 1. The monoisotopic (exact) mass is 233 g/mol. The Kier molecular flexibility index (Phi) is 3.64. The van der Waals surface area contributed by atoms with Crippen LogP contribution in [0.3, 0.4) is 0 Å². The van der Waals surface area contributed by atoms with E-state index in [1.54, 1.807) is 0 Å². The van der Waals surface area contributed by atoms with E-state index in [0.717, 1.165) is 18.7 Å². The number of anilines is 1. The van der Waals surface area contributed by atoms with Crippen LogP contribution in [0, 0.1) is 0 Å². The van der Waals surface area contributed by atoms with E-state index in [2.05, 4.69) is 11.4 Å². The lowest BCUT2D eigenvalue weighted by Gasteiger charge is -2.17. The summed E-state index contributed by atoms with van der Waals surface area (Å²) < 4.78 is 0. The molecule has 0 saturated heterocycles. The van der Waals surface area contributed by atoms with Crippen LogP contribution in [0.5, 0.6) is 0 Å². The molecule has 2 rings (SSSR count). The number of rotatable bonds is 3. The maximum absolute atomic E-state index is 11.9. The van der Waals surface area contributed by atoms with Crippen molar-refractivity contribution < 1.29 is 4.79 Å². The van der Waals surface area contributed by atoms with Crippen molar-refractivity contribution in [3.05, 3.63) is 29.8 Å². The summed E-state index contributed by atoms with van der Waals surface area (Å²) in [4.78, 5) is 13.8. The van der Waals surface area contributed by atoms with Crippen molar-refractivity contribution in [3.63, 3.8) is 0 Å². The zero-order chi connectivity index (χ0) is 12.3. The Balaban J connectivity index is 2.25. The third-order valence-electron chi connectivity index (χ3n) is 3.16. The fourth-order valence-electron chi connectivity index (χ4n) is 2.38. The molecule has 1 heterocycles. The molecule has 1 aliphatic heterocycles. The molecular formula is C13H19N3O. The summed E-state index contributed by atoms with van der Waals surface area (Å²) >= 11 is 0. The molecule has 4 nitrogen and oxygen atoms in total. The Morgan fingerprint density at radius 3 is 3.00 bits per heavy atom. The summed E-state index contributed by atoms with van der Waals surface area (Å²) in [6, 6.07) is 8.06. The lowest BCUT2D eigenvalue weighted by molar-refractivity contribution is 0.247. The van der Waals surface area contributed by atoms with Gasteiger partial charge in [0.25, 0.3) is 0 Å². The second-order valence-electron chi connectivity index (χ2n) is 4.28. The van der Waals surface area contributed by atoms with Crippen molar-refractivity contribution >= 4 is 11.7 Å². The van der Waals surface area contributed by atoms with Crippen molar-refractivity contribution in [1.29, 1.82) is 0 Å². The van der Waals surface area contributed by atoms with Crippen molar-refractivity contribution in [1.82, 2.24) is 5.32 Å². The number of nitrogens with two attached hydrogens (primary N) is 1. The molecule has 1 atom stereocenters. The number of hydrogen-bond donors (Lipinski definition) is 2. The molecule has 92 valence electrons. The zero-order valence-corrected chi connectivity index (χ0v) is 10.1. The highest BCUT2D eigenvalue weighted by Crippen LogP contribution is 2.37. The van der Waals surface area contributed by atoms with E-state index >= 15 is 0 Å². The Bertz CT molecular complexity index is 405. The van der Waals surface area contributed by atoms with Gasteiger partial charge >= 0.3 is 6.03 Å². The average Bonchev–Trinajstić information content (AvgIpc) is 2.70. The Morgan fingerprint density at radius 1 is 1.53 bits per heavy atom. The number of amides is 2. The van der Waals surface area contributed by atoms with E-state index in [4.69, 9.17) is 5.73 Å². The third kappa shape index (κ3) is 2.26. The first-order valence-electron chi connectivity index (χ1n) is 6.12. The molecule has 0 radical (unpaired) electrons. The molecule has 1 aromatic rings. The standard InChI is InChI=1S/C13H19N3O/c1-2-15-13(17)16-9-10(7-8-14)11-5-3-4-6-12(11)16/h3-6,10H,2,7-9,14H2,1H3,(H,15,17). The predicted octanol–water partition coefficient (Wildman–Crippen LogP) is 1.67. The fourth-order valence-corrected chi connectivity index (χ4v) is 2.38. The molecule has 17 heavy (non-hydrogen) atoms.